The van der Waals surface area contributed by atoms with Gasteiger partial charge in [-0.05, 0) is 45.3 Å². The fourth-order valence-electron chi connectivity index (χ4n) is 3.04. The van der Waals surface area contributed by atoms with E-state index in [1.165, 1.54) is 31.4 Å². The second-order valence-electron chi connectivity index (χ2n) is 6.45. The van der Waals surface area contributed by atoms with Gasteiger partial charge in [0, 0.05) is 18.6 Å². The van der Waals surface area contributed by atoms with Gasteiger partial charge in [0.2, 0.25) is 0 Å². The van der Waals surface area contributed by atoms with Crippen LogP contribution in [-0.4, -0.2) is 31.1 Å². The molecule has 120 valence electrons. The van der Waals surface area contributed by atoms with Crippen molar-refractivity contribution in [2.24, 2.45) is 5.92 Å². The van der Waals surface area contributed by atoms with Crippen LogP contribution >= 0.6 is 0 Å². The summed E-state index contributed by atoms with van der Waals surface area (Å²) in [5.41, 5.74) is 1.39. The van der Waals surface area contributed by atoms with Crippen LogP contribution in [0.5, 0.6) is 0 Å². The summed E-state index contributed by atoms with van der Waals surface area (Å²) >= 11 is 0. The Morgan fingerprint density at radius 1 is 1.05 bits per heavy atom. The van der Waals surface area contributed by atoms with E-state index in [4.69, 9.17) is 0 Å². The van der Waals surface area contributed by atoms with Crippen molar-refractivity contribution >= 4 is 0 Å². The Kier molecular flexibility index (Phi) is 8.63. The van der Waals surface area contributed by atoms with Gasteiger partial charge in [-0.3, -0.25) is 0 Å². The van der Waals surface area contributed by atoms with Crippen LogP contribution in [0.4, 0.5) is 0 Å². The Balaban J connectivity index is 2.63. The molecule has 0 aliphatic heterocycles. The number of nitrogens with one attached hydrogen (secondary N) is 1. The summed E-state index contributed by atoms with van der Waals surface area (Å²) in [5.74, 6) is 0.599. The average Bonchev–Trinajstić information content (AvgIpc) is 2.48. The predicted octanol–water partition coefficient (Wildman–Crippen LogP) is 4.48. The summed E-state index contributed by atoms with van der Waals surface area (Å²) in [6, 6.07) is 11.9. The summed E-state index contributed by atoms with van der Waals surface area (Å²) in [7, 11) is 2.07. The minimum absolute atomic E-state index is 0.429. The number of rotatable bonds is 10. The summed E-state index contributed by atoms with van der Waals surface area (Å²) in [5, 5.41) is 3.50. The van der Waals surface area contributed by atoms with E-state index >= 15 is 0 Å². The molecule has 1 aromatic rings. The van der Waals surface area contributed by atoms with Crippen LogP contribution in [0.3, 0.4) is 0 Å². The Morgan fingerprint density at radius 2 is 1.71 bits per heavy atom. The van der Waals surface area contributed by atoms with Gasteiger partial charge in [-0.2, -0.15) is 0 Å². The average molecular weight is 290 g/mol. The molecule has 0 spiro atoms. The van der Waals surface area contributed by atoms with Crippen molar-refractivity contribution in [1.82, 2.24) is 10.2 Å². The molecule has 0 fully saturated rings. The normalized spacial score (nSPS) is 14.6. The first-order valence-corrected chi connectivity index (χ1v) is 8.56. The molecular weight excluding hydrogens is 256 g/mol. The quantitative estimate of drug-likeness (QED) is 0.639. The van der Waals surface area contributed by atoms with Crippen LogP contribution in [0.15, 0.2) is 30.3 Å². The van der Waals surface area contributed by atoms with Crippen molar-refractivity contribution in [3.63, 3.8) is 0 Å². The van der Waals surface area contributed by atoms with Crippen LogP contribution in [0.25, 0.3) is 0 Å². The maximum absolute atomic E-state index is 3.50. The molecular formula is C19H34N2. The van der Waals surface area contributed by atoms with Gasteiger partial charge in [0.15, 0.2) is 0 Å². The second kappa shape index (κ2) is 9.97. The lowest BCUT2D eigenvalue weighted by Gasteiger charge is -2.33. The molecule has 0 saturated heterocycles. The first kappa shape index (κ1) is 18.2. The van der Waals surface area contributed by atoms with Crippen molar-refractivity contribution in [3.05, 3.63) is 35.9 Å². The SMILES string of the molecule is CCCCCN(CC(C)C(NC)c1ccccc1)C(C)C. The highest BCUT2D eigenvalue weighted by Gasteiger charge is 2.21. The Hall–Kier alpha value is -0.860. The fraction of sp³-hybridized carbons (Fsp3) is 0.684. The van der Waals surface area contributed by atoms with E-state index < -0.39 is 0 Å². The molecule has 0 aliphatic rings. The molecule has 2 unspecified atom stereocenters. The molecule has 2 heteroatoms. The van der Waals surface area contributed by atoms with E-state index in [0.717, 1.165) is 6.54 Å². The Morgan fingerprint density at radius 3 is 2.24 bits per heavy atom. The Bertz CT molecular complexity index is 361. The summed E-state index contributed by atoms with van der Waals surface area (Å²) < 4.78 is 0. The van der Waals surface area contributed by atoms with Gasteiger partial charge in [-0.1, -0.05) is 57.0 Å². The Labute approximate surface area is 131 Å². The summed E-state index contributed by atoms with van der Waals surface area (Å²) in [6.45, 7) is 11.6. The van der Waals surface area contributed by atoms with Gasteiger partial charge in [-0.25, -0.2) is 0 Å². The lowest BCUT2D eigenvalue weighted by molar-refractivity contribution is 0.172. The molecule has 0 saturated carbocycles. The maximum Gasteiger partial charge on any atom is 0.0355 e. The third kappa shape index (κ3) is 6.19. The first-order valence-electron chi connectivity index (χ1n) is 8.56. The third-order valence-electron chi connectivity index (χ3n) is 4.34. The molecule has 0 aliphatic carbocycles. The summed E-state index contributed by atoms with van der Waals surface area (Å²) in [4.78, 5) is 2.63. The zero-order valence-corrected chi connectivity index (χ0v) is 14.6. The van der Waals surface area contributed by atoms with Crippen molar-refractivity contribution in [2.45, 2.75) is 59.0 Å². The molecule has 1 N–H and O–H groups in total. The third-order valence-corrected chi connectivity index (χ3v) is 4.34. The number of unbranched alkanes of at least 4 members (excludes halogenated alkanes) is 2. The van der Waals surface area contributed by atoms with E-state index in [9.17, 15) is 0 Å². The van der Waals surface area contributed by atoms with E-state index in [2.05, 4.69) is 75.3 Å². The molecule has 0 amide bonds. The molecule has 1 rings (SSSR count). The predicted molar refractivity (Wildman–Crippen MR) is 93.6 cm³/mol. The van der Waals surface area contributed by atoms with Crippen LogP contribution in [0.1, 0.15) is 58.6 Å². The largest absolute Gasteiger partial charge is 0.313 e. The van der Waals surface area contributed by atoms with Crippen molar-refractivity contribution < 1.29 is 0 Å². The standard InChI is InChI=1S/C19H34N2/c1-6-7-11-14-21(16(2)3)15-17(4)19(20-5)18-12-9-8-10-13-18/h8-10,12-13,16-17,19-20H,6-7,11,14-15H2,1-5H3. The molecule has 0 aromatic heterocycles. The molecule has 2 atom stereocenters. The van der Waals surface area contributed by atoms with Crippen LogP contribution in [0.2, 0.25) is 0 Å². The number of nitrogens with zero attached hydrogens (tertiary/aromatic N) is 1. The first-order chi connectivity index (χ1) is 10.1. The highest BCUT2D eigenvalue weighted by Crippen LogP contribution is 2.23. The lowest BCUT2D eigenvalue weighted by Crippen LogP contribution is -2.39. The molecule has 0 heterocycles. The molecule has 0 radical (unpaired) electrons. The van der Waals surface area contributed by atoms with Crippen LogP contribution in [-0.2, 0) is 0 Å². The van der Waals surface area contributed by atoms with E-state index in [-0.39, 0.29) is 0 Å². The van der Waals surface area contributed by atoms with Gasteiger partial charge in [-0.15, -0.1) is 0 Å². The highest BCUT2D eigenvalue weighted by molar-refractivity contribution is 5.19. The summed E-state index contributed by atoms with van der Waals surface area (Å²) in [6.07, 6.45) is 3.95. The number of hydrogen-bond donors (Lipinski definition) is 1. The smallest absolute Gasteiger partial charge is 0.0355 e. The minimum Gasteiger partial charge on any atom is -0.313 e. The number of benzene rings is 1. The lowest BCUT2D eigenvalue weighted by atomic mass is 9.93. The van der Waals surface area contributed by atoms with Crippen LogP contribution in [0, 0.1) is 5.92 Å². The van der Waals surface area contributed by atoms with Crippen molar-refractivity contribution in [2.75, 3.05) is 20.1 Å². The van der Waals surface area contributed by atoms with Gasteiger partial charge < -0.3 is 10.2 Å². The minimum atomic E-state index is 0.429. The van der Waals surface area contributed by atoms with Gasteiger partial charge in [0.25, 0.3) is 0 Å². The van der Waals surface area contributed by atoms with Gasteiger partial charge in [0.05, 0.1) is 0 Å². The molecule has 21 heavy (non-hydrogen) atoms. The van der Waals surface area contributed by atoms with Crippen LogP contribution < -0.4 is 5.32 Å². The number of hydrogen-bond acceptors (Lipinski definition) is 2. The monoisotopic (exact) mass is 290 g/mol. The second-order valence-corrected chi connectivity index (χ2v) is 6.45. The van der Waals surface area contributed by atoms with E-state index in [1.807, 2.05) is 0 Å². The topological polar surface area (TPSA) is 15.3 Å². The maximum atomic E-state index is 3.50. The zero-order valence-electron chi connectivity index (χ0n) is 14.6. The zero-order chi connectivity index (χ0) is 15.7. The van der Waals surface area contributed by atoms with E-state index in [1.54, 1.807) is 0 Å². The highest BCUT2D eigenvalue weighted by atomic mass is 15.1. The molecule has 1 aromatic carbocycles. The van der Waals surface area contributed by atoms with Crippen molar-refractivity contribution in [3.8, 4) is 0 Å². The van der Waals surface area contributed by atoms with Gasteiger partial charge in [0.1, 0.15) is 0 Å². The fourth-order valence-corrected chi connectivity index (χ4v) is 3.04. The van der Waals surface area contributed by atoms with Crippen molar-refractivity contribution in [1.29, 1.82) is 0 Å². The molecule has 0 bridgehead atoms. The van der Waals surface area contributed by atoms with E-state index in [0.29, 0.717) is 18.0 Å². The van der Waals surface area contributed by atoms with Gasteiger partial charge >= 0.3 is 0 Å². The molecule has 2 nitrogen and oxygen atoms in total.